The van der Waals surface area contributed by atoms with Crippen LogP contribution in [0.1, 0.15) is 49.3 Å². The Hall–Kier alpha value is -2.89. The molecule has 1 fully saturated rings. The van der Waals surface area contributed by atoms with Crippen LogP contribution >= 0.6 is 0 Å². The van der Waals surface area contributed by atoms with Crippen LogP contribution in [0.2, 0.25) is 0 Å². The van der Waals surface area contributed by atoms with Crippen LogP contribution in [-0.2, 0) is 18.9 Å². The fourth-order valence-corrected chi connectivity index (χ4v) is 3.92. The fourth-order valence-electron chi connectivity index (χ4n) is 3.92. The number of benzene rings is 1. The maximum atomic E-state index is 12.6. The molecule has 1 heterocycles. The molecule has 28 heavy (non-hydrogen) atoms. The van der Waals surface area contributed by atoms with Gasteiger partial charge in [-0.3, -0.25) is 14.2 Å². The van der Waals surface area contributed by atoms with Crippen LogP contribution in [0.3, 0.4) is 0 Å². The molecule has 1 aliphatic rings. The third kappa shape index (κ3) is 4.50. The first-order valence-electron chi connectivity index (χ1n) is 9.77. The second-order valence-electron chi connectivity index (χ2n) is 7.47. The summed E-state index contributed by atoms with van der Waals surface area (Å²) in [5, 5.41) is 3.13. The summed E-state index contributed by atoms with van der Waals surface area (Å²) in [7, 11) is 3.00. The van der Waals surface area contributed by atoms with Gasteiger partial charge >= 0.3 is 5.69 Å². The second-order valence-corrected chi connectivity index (χ2v) is 7.47. The van der Waals surface area contributed by atoms with E-state index in [4.69, 9.17) is 0 Å². The molecule has 1 amide bonds. The molecule has 1 N–H and O–H groups in total. The highest BCUT2D eigenvalue weighted by Crippen LogP contribution is 2.34. The lowest BCUT2D eigenvalue weighted by molar-refractivity contribution is -0.117. The predicted molar refractivity (Wildman–Crippen MR) is 110 cm³/mol. The van der Waals surface area contributed by atoms with Crippen molar-refractivity contribution in [2.75, 3.05) is 0 Å². The van der Waals surface area contributed by atoms with Crippen molar-refractivity contribution in [3.05, 3.63) is 74.6 Å². The van der Waals surface area contributed by atoms with Crippen molar-refractivity contribution in [1.29, 1.82) is 0 Å². The third-order valence-corrected chi connectivity index (χ3v) is 5.46. The first-order valence-corrected chi connectivity index (χ1v) is 9.77. The maximum absolute atomic E-state index is 12.6. The molecule has 148 valence electrons. The van der Waals surface area contributed by atoms with Crippen molar-refractivity contribution in [2.24, 2.45) is 20.0 Å². The molecule has 0 radical (unpaired) electrons. The van der Waals surface area contributed by atoms with Crippen LogP contribution in [-0.4, -0.2) is 15.0 Å². The summed E-state index contributed by atoms with van der Waals surface area (Å²) in [5.41, 5.74) is 0.593. The van der Waals surface area contributed by atoms with Gasteiger partial charge in [-0.2, -0.15) is 0 Å². The van der Waals surface area contributed by atoms with E-state index in [1.54, 1.807) is 7.05 Å². The number of amides is 1. The minimum Gasteiger partial charge on any atom is -0.345 e. The number of nitrogens with zero attached hydrogens (tertiary/aromatic N) is 2. The van der Waals surface area contributed by atoms with Gasteiger partial charge in [0.15, 0.2) is 0 Å². The Kier molecular flexibility index (Phi) is 6.29. The number of rotatable bonds is 5. The molecule has 0 aliphatic heterocycles. The summed E-state index contributed by atoms with van der Waals surface area (Å²) < 4.78 is 2.36. The molecule has 6 heteroatoms. The van der Waals surface area contributed by atoms with Crippen LogP contribution in [0.5, 0.6) is 0 Å². The Bertz CT molecular complexity index is 967. The molecule has 3 rings (SSSR count). The molecule has 1 aromatic heterocycles. The highest BCUT2D eigenvalue weighted by atomic mass is 16.2. The van der Waals surface area contributed by atoms with E-state index in [0.717, 1.165) is 23.0 Å². The highest BCUT2D eigenvalue weighted by molar-refractivity contribution is 5.91. The number of carbonyl (C=O) groups excluding carboxylic acids is 1. The van der Waals surface area contributed by atoms with E-state index in [1.807, 2.05) is 30.3 Å². The molecule has 6 nitrogen and oxygen atoms in total. The SMILES string of the molecule is Cn1cc(/C=C/C(=O)N[C@H](c2ccccc2)C2CCCCC2)c(=O)n(C)c1=O. The van der Waals surface area contributed by atoms with Gasteiger partial charge in [-0.05, 0) is 30.4 Å². The normalized spacial score (nSPS) is 16.2. The van der Waals surface area contributed by atoms with Gasteiger partial charge in [-0.15, -0.1) is 0 Å². The molecule has 1 saturated carbocycles. The van der Waals surface area contributed by atoms with Crippen LogP contribution in [0, 0.1) is 5.92 Å². The molecular formula is C22H27N3O3. The van der Waals surface area contributed by atoms with Gasteiger partial charge in [-0.1, -0.05) is 49.6 Å². The molecular weight excluding hydrogens is 354 g/mol. The summed E-state index contributed by atoms with van der Waals surface area (Å²) in [6, 6.07) is 10.0. The van der Waals surface area contributed by atoms with Crippen LogP contribution in [0.4, 0.5) is 0 Å². The molecule has 2 aromatic rings. The smallest absolute Gasteiger partial charge is 0.330 e. The molecule has 0 bridgehead atoms. The number of hydrogen-bond donors (Lipinski definition) is 1. The number of hydrogen-bond acceptors (Lipinski definition) is 3. The van der Waals surface area contributed by atoms with E-state index in [2.05, 4.69) is 5.32 Å². The highest BCUT2D eigenvalue weighted by Gasteiger charge is 2.25. The fraction of sp³-hybridized carbons (Fsp3) is 0.409. The Balaban J connectivity index is 1.80. The standard InChI is InChI=1S/C22H27N3O3/c1-24-15-18(21(27)25(2)22(24)28)13-14-19(26)23-20(16-9-5-3-6-10-16)17-11-7-4-8-12-17/h3,5-6,9-10,13-15,17,20H,4,7-8,11-12H2,1-2H3,(H,23,26)/b14-13+/t20-/m1/s1. The van der Waals surface area contributed by atoms with Crippen molar-refractivity contribution in [1.82, 2.24) is 14.5 Å². The Morgan fingerprint density at radius 3 is 2.46 bits per heavy atom. The number of nitrogens with one attached hydrogen (secondary N) is 1. The average molecular weight is 381 g/mol. The predicted octanol–water partition coefficient (Wildman–Crippen LogP) is 2.54. The largest absolute Gasteiger partial charge is 0.345 e. The monoisotopic (exact) mass is 381 g/mol. The molecule has 0 saturated heterocycles. The maximum Gasteiger partial charge on any atom is 0.330 e. The van der Waals surface area contributed by atoms with Crippen LogP contribution < -0.4 is 16.6 Å². The Morgan fingerprint density at radius 2 is 1.79 bits per heavy atom. The van der Waals surface area contributed by atoms with E-state index < -0.39 is 11.2 Å². The van der Waals surface area contributed by atoms with Gasteiger partial charge in [0.2, 0.25) is 5.91 Å². The van der Waals surface area contributed by atoms with E-state index in [9.17, 15) is 14.4 Å². The third-order valence-electron chi connectivity index (χ3n) is 5.46. The Morgan fingerprint density at radius 1 is 1.11 bits per heavy atom. The molecule has 1 atom stereocenters. The van der Waals surface area contributed by atoms with Crippen LogP contribution in [0.15, 0.2) is 52.2 Å². The van der Waals surface area contributed by atoms with E-state index in [1.165, 1.54) is 49.2 Å². The van der Waals surface area contributed by atoms with Gasteiger partial charge in [0.25, 0.3) is 5.56 Å². The second kappa shape index (κ2) is 8.87. The van der Waals surface area contributed by atoms with Gasteiger partial charge in [-0.25, -0.2) is 4.79 Å². The number of aryl methyl sites for hydroxylation is 1. The van der Waals surface area contributed by atoms with Crippen molar-refractivity contribution in [3.8, 4) is 0 Å². The lowest BCUT2D eigenvalue weighted by Gasteiger charge is -2.31. The van der Waals surface area contributed by atoms with Gasteiger partial charge in [0.1, 0.15) is 0 Å². The number of carbonyl (C=O) groups is 1. The van der Waals surface area contributed by atoms with Crippen molar-refractivity contribution < 1.29 is 4.79 Å². The first kappa shape index (κ1) is 19.9. The zero-order valence-corrected chi connectivity index (χ0v) is 16.4. The molecule has 0 unspecified atom stereocenters. The van der Waals surface area contributed by atoms with E-state index in [0.29, 0.717) is 11.5 Å². The van der Waals surface area contributed by atoms with E-state index >= 15 is 0 Å². The van der Waals surface area contributed by atoms with Gasteiger partial charge in [0.05, 0.1) is 11.6 Å². The first-order chi connectivity index (χ1) is 13.5. The lowest BCUT2D eigenvalue weighted by atomic mass is 9.81. The minimum atomic E-state index is -0.418. The zero-order valence-electron chi connectivity index (χ0n) is 16.4. The summed E-state index contributed by atoms with van der Waals surface area (Å²) in [4.78, 5) is 36.6. The Labute approximate surface area is 164 Å². The van der Waals surface area contributed by atoms with Crippen LogP contribution in [0.25, 0.3) is 6.08 Å². The summed E-state index contributed by atoms with van der Waals surface area (Å²) in [6.45, 7) is 0. The van der Waals surface area contributed by atoms with E-state index in [-0.39, 0.29) is 11.9 Å². The molecule has 1 aromatic carbocycles. The average Bonchev–Trinajstić information content (AvgIpc) is 2.73. The summed E-state index contributed by atoms with van der Waals surface area (Å²) >= 11 is 0. The lowest BCUT2D eigenvalue weighted by Crippen LogP contribution is -2.37. The van der Waals surface area contributed by atoms with Crippen molar-refractivity contribution in [2.45, 2.75) is 38.1 Å². The van der Waals surface area contributed by atoms with Gasteiger partial charge < -0.3 is 9.88 Å². The minimum absolute atomic E-state index is 0.0402. The summed E-state index contributed by atoms with van der Waals surface area (Å²) in [6.07, 6.45) is 10.1. The van der Waals surface area contributed by atoms with Gasteiger partial charge in [0, 0.05) is 26.4 Å². The summed E-state index contributed by atoms with van der Waals surface area (Å²) in [5.74, 6) is 0.175. The topological polar surface area (TPSA) is 73.1 Å². The quantitative estimate of drug-likeness (QED) is 0.809. The van der Waals surface area contributed by atoms with Crippen molar-refractivity contribution >= 4 is 12.0 Å². The molecule has 1 aliphatic carbocycles. The molecule has 0 spiro atoms. The number of aromatic nitrogens is 2. The zero-order chi connectivity index (χ0) is 20.1. The van der Waals surface area contributed by atoms with Crippen molar-refractivity contribution in [3.63, 3.8) is 0 Å².